The van der Waals surface area contributed by atoms with Crippen LogP contribution in [0.15, 0.2) is 4.79 Å². The third-order valence-corrected chi connectivity index (χ3v) is 6.55. The number of fused-ring (bicyclic) bond motifs is 2. The minimum atomic E-state index is -2.67. The number of rotatable bonds is 2. The van der Waals surface area contributed by atoms with Gasteiger partial charge in [0.2, 0.25) is 0 Å². The van der Waals surface area contributed by atoms with Crippen LogP contribution >= 0.6 is 11.3 Å². The van der Waals surface area contributed by atoms with Crippen molar-refractivity contribution in [2.45, 2.75) is 45.3 Å². The van der Waals surface area contributed by atoms with Crippen molar-refractivity contribution >= 4 is 22.9 Å². The first-order valence-corrected chi connectivity index (χ1v) is 9.32. The lowest BCUT2D eigenvalue weighted by Gasteiger charge is -2.28. The lowest BCUT2D eigenvalue weighted by atomic mass is 10.1. The molecule has 1 aliphatic heterocycles. The van der Waals surface area contributed by atoms with E-state index in [1.807, 2.05) is 6.92 Å². The van der Waals surface area contributed by atoms with Gasteiger partial charge in [0.15, 0.2) is 5.67 Å². The summed E-state index contributed by atoms with van der Waals surface area (Å²) in [6.45, 7) is 2.14. The van der Waals surface area contributed by atoms with Crippen molar-refractivity contribution in [2.24, 2.45) is 6.98 Å². The van der Waals surface area contributed by atoms with Crippen LogP contribution in [-0.2, 0) is 25.6 Å². The number of anilines is 1. The fourth-order valence-electron chi connectivity index (χ4n) is 3.43. The van der Waals surface area contributed by atoms with E-state index < -0.39 is 18.3 Å². The van der Waals surface area contributed by atoms with E-state index >= 15 is 0 Å². The van der Waals surface area contributed by atoms with Gasteiger partial charge in [0.05, 0.1) is 12.2 Å². The highest BCUT2D eigenvalue weighted by atomic mass is 32.1. The maximum Gasteiger partial charge on any atom is 0.351 e. The van der Waals surface area contributed by atoms with Gasteiger partial charge in [-0.05, 0) is 26.7 Å². The minimum Gasteiger partial charge on any atom is -0.351 e. The molecule has 3 aromatic rings. The predicted molar refractivity (Wildman–Crippen MR) is 96.6 cm³/mol. The van der Waals surface area contributed by atoms with E-state index in [-0.39, 0.29) is 5.78 Å². The van der Waals surface area contributed by atoms with Crippen LogP contribution in [0, 0.1) is 13.8 Å². The number of nitrogens with zero attached hydrogens (tertiary/aromatic N) is 6. The molecule has 0 unspecified atom stereocenters. The molecule has 2 aliphatic rings. The molecule has 1 aliphatic carbocycles. The Hall–Kier alpha value is -2.29. The number of halogens is 1. The zero-order valence-corrected chi connectivity index (χ0v) is 15.2. The van der Waals surface area contributed by atoms with Gasteiger partial charge in [-0.2, -0.15) is 4.98 Å². The normalized spacial score (nSPS) is 20.6. The first-order valence-electron chi connectivity index (χ1n) is 10.0. The molecule has 136 valence electrons. The molecule has 0 spiro atoms. The summed E-state index contributed by atoms with van der Waals surface area (Å²) in [6.07, 6.45) is 1.77. The Bertz CT molecular complexity index is 1210. The number of hydrogen-bond acceptors (Lipinski definition) is 6. The fourth-order valence-corrected chi connectivity index (χ4v) is 4.69. The van der Waals surface area contributed by atoms with E-state index in [1.165, 1.54) is 15.7 Å². The van der Waals surface area contributed by atoms with E-state index in [4.69, 9.17) is 4.11 Å². The minimum absolute atomic E-state index is 0.0562. The molecule has 3 aromatic heterocycles. The van der Waals surface area contributed by atoms with Gasteiger partial charge in [0, 0.05) is 40.2 Å². The Morgan fingerprint density at radius 1 is 1.31 bits per heavy atom. The molecule has 26 heavy (non-hydrogen) atoms. The highest BCUT2D eigenvalue weighted by Crippen LogP contribution is 2.51. The first-order chi connectivity index (χ1) is 13.6. The topological polar surface area (TPSA) is 68.3 Å². The summed E-state index contributed by atoms with van der Waals surface area (Å²) in [5.74, 6) is 0.709. The zero-order chi connectivity index (χ0) is 20.7. The van der Waals surface area contributed by atoms with Gasteiger partial charge in [-0.3, -0.25) is 0 Å². The van der Waals surface area contributed by atoms with Gasteiger partial charge in [0.25, 0.3) is 5.78 Å². The molecule has 9 heteroatoms. The molecule has 4 heterocycles. The average molecular weight is 377 g/mol. The van der Waals surface area contributed by atoms with Crippen LogP contribution in [0.1, 0.15) is 43.8 Å². The first kappa shape index (κ1) is 13.0. The summed E-state index contributed by atoms with van der Waals surface area (Å²) in [6, 6.07) is 0. The molecule has 0 N–H and O–H groups in total. The van der Waals surface area contributed by atoms with Crippen LogP contribution in [0.5, 0.6) is 0 Å². The van der Waals surface area contributed by atoms with Crippen LogP contribution in [0.2, 0.25) is 0 Å². The summed E-state index contributed by atoms with van der Waals surface area (Å²) < 4.78 is 38.6. The van der Waals surface area contributed by atoms with Crippen LogP contribution < -0.4 is 10.6 Å². The molecule has 0 radical (unpaired) electrons. The van der Waals surface area contributed by atoms with Gasteiger partial charge in [-0.25, -0.2) is 23.3 Å². The van der Waals surface area contributed by atoms with Crippen LogP contribution in [0.4, 0.5) is 10.2 Å². The van der Waals surface area contributed by atoms with E-state index in [0.717, 1.165) is 16.1 Å². The smallest absolute Gasteiger partial charge is 0.351 e. The molecule has 1 fully saturated rings. The lowest BCUT2D eigenvalue weighted by molar-refractivity contribution is 0.316. The Morgan fingerprint density at radius 2 is 2.12 bits per heavy atom. The van der Waals surface area contributed by atoms with Crippen molar-refractivity contribution in [3.63, 3.8) is 0 Å². The maximum atomic E-state index is 14.4. The molecule has 0 amide bonds. The fraction of sp³-hybridized carbons (Fsp3) is 0.529. The van der Waals surface area contributed by atoms with Crippen LogP contribution in [0.25, 0.3) is 5.78 Å². The number of alkyl halides is 1. The van der Waals surface area contributed by atoms with Gasteiger partial charge in [-0.1, -0.05) is 0 Å². The molecule has 1 saturated carbocycles. The molecule has 0 atom stereocenters. The van der Waals surface area contributed by atoms with Gasteiger partial charge < -0.3 is 4.90 Å². The molecule has 5 rings (SSSR count). The Balaban J connectivity index is 1.56. The van der Waals surface area contributed by atoms with Crippen LogP contribution in [0.3, 0.4) is 0 Å². The second kappa shape index (κ2) is 5.12. The number of aromatic nitrogens is 5. The summed E-state index contributed by atoms with van der Waals surface area (Å²) in [5.41, 5.74) is 0.359. The Kier molecular flexibility index (Phi) is 2.55. The van der Waals surface area contributed by atoms with Crippen molar-refractivity contribution in [1.82, 2.24) is 24.1 Å². The SMILES string of the molecule is [2H]C([2H])([2H])n1nc2nc(N3CCc4nc(C5(F)CC5)sc4C3)c(C)c(C)n2c1=O. The maximum absolute atomic E-state index is 14.4. The lowest BCUT2D eigenvalue weighted by Crippen LogP contribution is -2.32. The summed E-state index contributed by atoms with van der Waals surface area (Å²) in [4.78, 5) is 24.6. The van der Waals surface area contributed by atoms with E-state index in [1.54, 1.807) is 6.92 Å². The van der Waals surface area contributed by atoms with Crippen molar-refractivity contribution in [3.8, 4) is 0 Å². The second-order valence-corrected chi connectivity index (χ2v) is 8.08. The van der Waals surface area contributed by atoms with Crippen molar-refractivity contribution in [3.05, 3.63) is 37.3 Å². The number of aryl methyl sites for hydroxylation is 2. The third kappa shape index (κ3) is 2.16. The highest BCUT2D eigenvalue weighted by Gasteiger charge is 2.48. The molecular formula is C17H19FN6OS. The average Bonchev–Trinajstić information content (AvgIpc) is 3.11. The zero-order valence-electron chi connectivity index (χ0n) is 17.4. The van der Waals surface area contributed by atoms with Gasteiger partial charge in [-0.15, -0.1) is 16.4 Å². The van der Waals surface area contributed by atoms with E-state index in [0.29, 0.717) is 53.6 Å². The summed E-state index contributed by atoms with van der Waals surface area (Å²) in [7, 11) is 0. The number of thiazole rings is 1. The largest absolute Gasteiger partial charge is 0.351 e. The van der Waals surface area contributed by atoms with E-state index in [9.17, 15) is 9.18 Å². The predicted octanol–water partition coefficient (Wildman–Crippen LogP) is 2.02. The van der Waals surface area contributed by atoms with Crippen molar-refractivity contribution in [1.29, 1.82) is 0 Å². The third-order valence-electron chi connectivity index (χ3n) is 5.28. The Labute approximate surface area is 157 Å². The van der Waals surface area contributed by atoms with E-state index in [2.05, 4.69) is 20.0 Å². The van der Waals surface area contributed by atoms with Crippen LogP contribution in [-0.4, -0.2) is 30.7 Å². The molecule has 0 aromatic carbocycles. The number of hydrogen-bond donors (Lipinski definition) is 0. The standard InChI is InChI=1S/C17H19FN6OS/c1-9-10(2)24-15(21-22(3)16(24)25)20-13(9)23-7-4-11-12(8-23)26-14(19-11)17(18)5-6-17/h4-8H2,1-3H3/i3D3. The molecule has 0 saturated heterocycles. The van der Waals surface area contributed by atoms with Gasteiger partial charge >= 0.3 is 5.69 Å². The quantitative estimate of drug-likeness (QED) is 0.684. The molecule has 7 nitrogen and oxygen atoms in total. The summed E-state index contributed by atoms with van der Waals surface area (Å²) >= 11 is 1.42. The second-order valence-electron chi connectivity index (χ2n) is 7.00. The molecular weight excluding hydrogens is 355 g/mol. The molecule has 0 bridgehead atoms. The van der Waals surface area contributed by atoms with Gasteiger partial charge in [0.1, 0.15) is 10.8 Å². The Morgan fingerprint density at radius 3 is 2.85 bits per heavy atom. The van der Waals surface area contributed by atoms with Crippen molar-refractivity contribution < 1.29 is 8.50 Å². The highest BCUT2D eigenvalue weighted by molar-refractivity contribution is 7.12. The monoisotopic (exact) mass is 377 g/mol. The summed E-state index contributed by atoms with van der Waals surface area (Å²) in [5, 5.41) is 4.51. The van der Waals surface area contributed by atoms with Crippen molar-refractivity contribution in [2.75, 3.05) is 11.4 Å².